The summed E-state index contributed by atoms with van der Waals surface area (Å²) in [5, 5.41) is 10.3. The number of carbonyl (C=O) groups excluding carboxylic acids is 3. The van der Waals surface area contributed by atoms with E-state index in [0.29, 0.717) is 38.4 Å². The van der Waals surface area contributed by atoms with Crippen molar-refractivity contribution in [3.63, 3.8) is 0 Å². The minimum atomic E-state index is -3.16. The van der Waals surface area contributed by atoms with Crippen molar-refractivity contribution in [2.24, 2.45) is 0 Å². The van der Waals surface area contributed by atoms with Crippen molar-refractivity contribution in [3.05, 3.63) is 42.0 Å². The molecule has 2 atom stereocenters. The molecule has 0 radical (unpaired) electrons. The summed E-state index contributed by atoms with van der Waals surface area (Å²) >= 11 is 0. The maximum absolute atomic E-state index is 15.2. The molecule has 2 aliphatic heterocycles. The number of hydrogen-bond donors (Lipinski definition) is 3. The molecule has 3 heterocycles. The van der Waals surface area contributed by atoms with Gasteiger partial charge in [0.05, 0.1) is 43.2 Å². The van der Waals surface area contributed by atoms with Crippen molar-refractivity contribution >= 4 is 29.3 Å². The van der Waals surface area contributed by atoms with Crippen molar-refractivity contribution in [2.45, 2.75) is 31.0 Å². The lowest BCUT2D eigenvalue weighted by molar-refractivity contribution is -0.133. The van der Waals surface area contributed by atoms with Crippen molar-refractivity contribution in [3.8, 4) is 0 Å². The Morgan fingerprint density at radius 3 is 2.84 bits per heavy atom. The zero-order valence-electron chi connectivity index (χ0n) is 20.2. The topological polar surface area (TPSA) is 132 Å². The lowest BCUT2D eigenvalue weighted by atomic mass is 10.2. The second-order valence-corrected chi connectivity index (χ2v) is 9.30. The molecule has 12 nitrogen and oxygen atoms in total. The highest BCUT2D eigenvalue weighted by molar-refractivity contribution is 5.91. The number of benzene rings is 1. The third-order valence-electron chi connectivity index (χ3n) is 6.73. The van der Waals surface area contributed by atoms with Gasteiger partial charge >= 0.3 is 12.5 Å². The minimum absolute atomic E-state index is 0.00859. The summed E-state index contributed by atoms with van der Waals surface area (Å²) in [5.41, 5.74) is 3.34. The molecule has 1 spiro atoms. The summed E-state index contributed by atoms with van der Waals surface area (Å²) in [6.45, 7) is 2.09. The van der Waals surface area contributed by atoms with E-state index in [-0.39, 0.29) is 31.1 Å². The van der Waals surface area contributed by atoms with Gasteiger partial charge in [0.2, 0.25) is 0 Å². The molecular formula is C23H26F3N7O5. The number of amides is 3. The average molecular weight is 537 g/mol. The van der Waals surface area contributed by atoms with Crippen LogP contribution in [-0.2, 0) is 20.9 Å². The van der Waals surface area contributed by atoms with E-state index >= 15 is 4.39 Å². The van der Waals surface area contributed by atoms with E-state index in [1.54, 1.807) is 23.2 Å². The van der Waals surface area contributed by atoms with Crippen LogP contribution in [0.3, 0.4) is 0 Å². The molecule has 0 bridgehead atoms. The summed E-state index contributed by atoms with van der Waals surface area (Å²) in [7, 11) is 0. The highest BCUT2D eigenvalue weighted by Gasteiger charge is 2.64. The van der Waals surface area contributed by atoms with Crippen LogP contribution in [0.5, 0.6) is 0 Å². The SMILES string of the molecule is O=C(NC1CC12CN(c1ccc(N3CCNN(C(=O)CNCc4cnoc4)CC3)c(F)c1)C(=O)O2)C(F)F. The summed E-state index contributed by atoms with van der Waals surface area (Å²) in [6, 6.07) is 3.61. The van der Waals surface area contributed by atoms with Gasteiger partial charge in [-0.05, 0) is 18.2 Å². The van der Waals surface area contributed by atoms with Gasteiger partial charge in [0, 0.05) is 38.2 Å². The zero-order valence-corrected chi connectivity index (χ0v) is 20.2. The van der Waals surface area contributed by atoms with Crippen LogP contribution >= 0.6 is 0 Å². The van der Waals surface area contributed by atoms with E-state index in [0.717, 1.165) is 5.56 Å². The number of hydrazine groups is 1. The van der Waals surface area contributed by atoms with Gasteiger partial charge in [0.15, 0.2) is 5.60 Å². The van der Waals surface area contributed by atoms with Crippen LogP contribution in [0.4, 0.5) is 29.3 Å². The molecule has 3 fully saturated rings. The molecule has 2 aromatic rings. The molecule has 2 saturated heterocycles. The Labute approximate surface area is 215 Å². The molecule has 1 aliphatic carbocycles. The van der Waals surface area contributed by atoms with Crippen LogP contribution in [0.25, 0.3) is 0 Å². The zero-order chi connectivity index (χ0) is 26.9. The summed E-state index contributed by atoms with van der Waals surface area (Å²) in [4.78, 5) is 39.3. The highest BCUT2D eigenvalue weighted by Crippen LogP contribution is 2.46. The minimum Gasteiger partial charge on any atom is -0.438 e. The molecule has 3 amide bonds. The van der Waals surface area contributed by atoms with Crippen molar-refractivity contribution in [1.82, 2.24) is 26.2 Å². The number of nitrogens with one attached hydrogen (secondary N) is 3. The number of alkyl halides is 2. The Balaban J connectivity index is 1.16. The standard InChI is InChI=1S/C23H26F3N7O5/c24-16-7-15(32-13-23(38-22(32)36)8-18(23)30-21(35)20(25)26)1-2-17(16)31-4-3-28-33(6-5-31)19(34)11-27-9-14-10-29-37-12-14/h1-2,7,10,12,18,20,27-28H,3-6,8-9,11,13H2,(H,30,35). The predicted molar refractivity (Wildman–Crippen MR) is 126 cm³/mol. The predicted octanol–water partition coefficient (Wildman–Crippen LogP) is 0.606. The van der Waals surface area contributed by atoms with Gasteiger partial charge in [-0.3, -0.25) is 19.5 Å². The quantitative estimate of drug-likeness (QED) is 0.443. The normalized spacial score (nSPS) is 23.1. The second-order valence-electron chi connectivity index (χ2n) is 9.30. The monoisotopic (exact) mass is 537 g/mol. The number of anilines is 2. The van der Waals surface area contributed by atoms with E-state index < -0.39 is 35.9 Å². The maximum atomic E-state index is 15.2. The fourth-order valence-electron chi connectivity index (χ4n) is 4.61. The van der Waals surface area contributed by atoms with Gasteiger partial charge in [-0.15, -0.1) is 0 Å². The van der Waals surface area contributed by atoms with Gasteiger partial charge in [-0.2, -0.15) is 8.78 Å². The molecule has 3 aliphatic rings. The third kappa shape index (κ3) is 5.38. The summed E-state index contributed by atoms with van der Waals surface area (Å²) < 4.78 is 50.3. The van der Waals surface area contributed by atoms with Crippen LogP contribution in [-0.4, -0.2) is 85.4 Å². The first-order valence-corrected chi connectivity index (χ1v) is 12.0. The molecule has 15 heteroatoms. The molecule has 38 heavy (non-hydrogen) atoms. The van der Waals surface area contributed by atoms with Crippen LogP contribution < -0.4 is 25.9 Å². The van der Waals surface area contributed by atoms with Crippen LogP contribution in [0.1, 0.15) is 12.0 Å². The third-order valence-corrected chi connectivity index (χ3v) is 6.73. The lowest BCUT2D eigenvalue weighted by Crippen LogP contribution is -2.47. The van der Waals surface area contributed by atoms with Crippen molar-refractivity contribution < 1.29 is 36.8 Å². The van der Waals surface area contributed by atoms with Crippen LogP contribution in [0, 0.1) is 5.82 Å². The van der Waals surface area contributed by atoms with Gasteiger partial charge < -0.3 is 24.8 Å². The van der Waals surface area contributed by atoms with E-state index in [1.165, 1.54) is 22.2 Å². The molecule has 1 saturated carbocycles. The molecule has 3 N–H and O–H groups in total. The van der Waals surface area contributed by atoms with Gasteiger partial charge in [0.25, 0.3) is 11.8 Å². The van der Waals surface area contributed by atoms with Gasteiger partial charge in [0.1, 0.15) is 12.1 Å². The van der Waals surface area contributed by atoms with E-state index in [2.05, 4.69) is 21.2 Å². The Morgan fingerprint density at radius 2 is 2.11 bits per heavy atom. The molecule has 5 rings (SSSR count). The van der Waals surface area contributed by atoms with Crippen LogP contribution in [0.2, 0.25) is 0 Å². The van der Waals surface area contributed by atoms with Gasteiger partial charge in [-0.25, -0.2) is 14.6 Å². The highest BCUT2D eigenvalue weighted by atomic mass is 19.3. The number of nitrogens with zero attached hydrogens (tertiary/aromatic N) is 4. The Bertz CT molecular complexity index is 1200. The molecule has 2 unspecified atom stereocenters. The molecular weight excluding hydrogens is 511 g/mol. The van der Waals surface area contributed by atoms with E-state index in [4.69, 9.17) is 9.26 Å². The molecule has 204 valence electrons. The Kier molecular flexibility index (Phi) is 7.12. The average Bonchev–Trinajstić information content (AvgIpc) is 3.17. The lowest BCUT2D eigenvalue weighted by Gasteiger charge is -2.24. The Morgan fingerprint density at radius 1 is 1.26 bits per heavy atom. The number of carbonyl (C=O) groups is 3. The van der Waals surface area contributed by atoms with Crippen molar-refractivity contribution in [1.29, 1.82) is 0 Å². The summed E-state index contributed by atoms with van der Waals surface area (Å²) in [5.74, 6) is -2.15. The first kappa shape index (κ1) is 25.8. The first-order chi connectivity index (χ1) is 18.3. The smallest absolute Gasteiger partial charge is 0.415 e. The fourth-order valence-corrected chi connectivity index (χ4v) is 4.61. The summed E-state index contributed by atoms with van der Waals surface area (Å²) in [6.07, 6.45) is -0.646. The van der Waals surface area contributed by atoms with Gasteiger partial charge in [-0.1, -0.05) is 5.16 Å². The van der Waals surface area contributed by atoms with E-state index in [9.17, 15) is 23.2 Å². The second kappa shape index (κ2) is 10.5. The fraction of sp³-hybridized carbons (Fsp3) is 0.478. The number of rotatable bonds is 8. The first-order valence-electron chi connectivity index (χ1n) is 12.0. The number of aromatic nitrogens is 1. The number of halogens is 3. The largest absolute Gasteiger partial charge is 0.438 e. The molecule has 1 aromatic heterocycles. The number of ether oxygens (including phenoxy) is 1. The number of hydrogen-bond acceptors (Lipinski definition) is 9. The van der Waals surface area contributed by atoms with E-state index in [1.807, 2.05) is 0 Å². The maximum Gasteiger partial charge on any atom is 0.415 e. The Hall–Kier alpha value is -3.85. The molecule has 1 aromatic carbocycles. The van der Waals surface area contributed by atoms with Crippen molar-refractivity contribution in [2.75, 3.05) is 49.1 Å². The van der Waals surface area contributed by atoms with Crippen LogP contribution in [0.15, 0.2) is 35.2 Å².